The molecule has 1 aliphatic heterocycles. The van der Waals surface area contributed by atoms with E-state index in [1.807, 2.05) is 40.3 Å². The minimum absolute atomic E-state index is 0.0409. The van der Waals surface area contributed by atoms with Crippen molar-refractivity contribution in [3.8, 4) is 0 Å². The fraction of sp³-hybridized carbons (Fsp3) is 0.933. The summed E-state index contributed by atoms with van der Waals surface area (Å²) in [6.45, 7) is 5.13. The average Bonchev–Trinajstić information content (AvgIpc) is 2.98. The molecule has 0 spiro atoms. The molecule has 1 saturated heterocycles. The third-order valence-corrected chi connectivity index (χ3v) is 6.73. The molecule has 0 radical (unpaired) electrons. The number of thioether (sulfide) groups is 1. The summed E-state index contributed by atoms with van der Waals surface area (Å²) < 4.78 is 5.14. The number of unbranched alkanes of at least 4 members (excludes halogenated alkanes) is 3. The zero-order chi connectivity index (χ0) is 15.2. The lowest BCUT2D eigenvalue weighted by Gasteiger charge is -2.12. The zero-order valence-corrected chi connectivity index (χ0v) is 15.6. The molecular formula is C15H29NO2S3. The quantitative estimate of drug-likeness (QED) is 0.279. The van der Waals surface area contributed by atoms with E-state index in [0.717, 1.165) is 12.8 Å². The van der Waals surface area contributed by atoms with Gasteiger partial charge in [-0.05, 0) is 19.3 Å². The molecule has 1 aliphatic rings. The number of hydrogen-bond donors (Lipinski definition) is 0. The molecule has 0 bridgehead atoms. The number of nitrogens with zero attached hydrogens (tertiary/aromatic N) is 1. The Morgan fingerprint density at radius 1 is 1.19 bits per heavy atom. The van der Waals surface area contributed by atoms with Crippen LogP contribution in [0.5, 0.6) is 0 Å². The van der Waals surface area contributed by atoms with Crippen molar-refractivity contribution in [1.29, 1.82) is 0 Å². The molecule has 1 fully saturated rings. The first-order valence-electron chi connectivity index (χ1n) is 8.03. The lowest BCUT2D eigenvalue weighted by Crippen LogP contribution is -2.21. The van der Waals surface area contributed by atoms with Crippen LogP contribution in [0, 0.1) is 0 Å². The highest BCUT2D eigenvalue weighted by Gasteiger charge is 2.10. The fourth-order valence-corrected chi connectivity index (χ4v) is 5.20. The van der Waals surface area contributed by atoms with E-state index in [1.165, 1.54) is 55.5 Å². The van der Waals surface area contributed by atoms with Gasteiger partial charge in [-0.25, -0.2) is 0 Å². The van der Waals surface area contributed by atoms with Gasteiger partial charge < -0.3 is 4.74 Å². The zero-order valence-electron chi connectivity index (χ0n) is 13.2. The molecule has 1 heterocycles. The van der Waals surface area contributed by atoms with Gasteiger partial charge >= 0.3 is 5.97 Å². The predicted octanol–water partition coefficient (Wildman–Crippen LogP) is 4.28. The van der Waals surface area contributed by atoms with Crippen LogP contribution in [-0.4, -0.2) is 53.7 Å². The van der Waals surface area contributed by atoms with Crippen molar-refractivity contribution in [3.63, 3.8) is 0 Å². The molecule has 0 atom stereocenters. The molecule has 124 valence electrons. The van der Waals surface area contributed by atoms with Gasteiger partial charge in [0.1, 0.15) is 0 Å². The number of hydrogen-bond acceptors (Lipinski definition) is 6. The van der Waals surface area contributed by atoms with Crippen LogP contribution in [0.3, 0.4) is 0 Å². The topological polar surface area (TPSA) is 29.5 Å². The van der Waals surface area contributed by atoms with Gasteiger partial charge in [-0.1, -0.05) is 41.4 Å². The third-order valence-electron chi connectivity index (χ3n) is 3.24. The van der Waals surface area contributed by atoms with Gasteiger partial charge in [-0.3, -0.25) is 9.69 Å². The maximum atomic E-state index is 11.1. The number of rotatable bonds is 13. The molecule has 6 heteroatoms. The van der Waals surface area contributed by atoms with E-state index in [-0.39, 0.29) is 5.97 Å². The second kappa shape index (κ2) is 14.1. The van der Waals surface area contributed by atoms with Crippen molar-refractivity contribution in [3.05, 3.63) is 0 Å². The number of esters is 1. The van der Waals surface area contributed by atoms with E-state index >= 15 is 0 Å². The number of carbonyl (C=O) groups is 1. The molecule has 21 heavy (non-hydrogen) atoms. The minimum Gasteiger partial charge on any atom is -0.466 e. The Kier molecular flexibility index (Phi) is 13.1. The Morgan fingerprint density at radius 3 is 2.76 bits per heavy atom. The van der Waals surface area contributed by atoms with Crippen molar-refractivity contribution < 1.29 is 9.53 Å². The normalized spacial score (nSPS) is 15.5. The average molecular weight is 352 g/mol. The molecule has 1 rings (SSSR count). The van der Waals surface area contributed by atoms with Crippen LogP contribution in [0.2, 0.25) is 0 Å². The van der Waals surface area contributed by atoms with Gasteiger partial charge in [0, 0.05) is 42.6 Å². The summed E-state index contributed by atoms with van der Waals surface area (Å²) in [4.78, 5) is 13.7. The molecule has 0 aromatic carbocycles. The second-order valence-electron chi connectivity index (χ2n) is 5.18. The van der Waals surface area contributed by atoms with E-state index in [9.17, 15) is 4.79 Å². The van der Waals surface area contributed by atoms with Gasteiger partial charge in [-0.15, -0.1) is 11.8 Å². The van der Waals surface area contributed by atoms with Crippen LogP contribution in [0.15, 0.2) is 0 Å². The summed E-state index contributed by atoms with van der Waals surface area (Å²) in [5, 5.41) is 0. The Labute approximate surface area is 142 Å². The van der Waals surface area contributed by atoms with E-state index in [0.29, 0.717) is 13.0 Å². The molecule has 0 unspecified atom stereocenters. The lowest BCUT2D eigenvalue weighted by atomic mass is 10.2. The maximum Gasteiger partial charge on any atom is 0.305 e. The van der Waals surface area contributed by atoms with Gasteiger partial charge in [0.25, 0.3) is 0 Å². The first-order valence-corrected chi connectivity index (χ1v) is 11.7. The molecule has 0 aromatic rings. The molecule has 3 nitrogen and oxygen atoms in total. The van der Waals surface area contributed by atoms with Gasteiger partial charge in [0.15, 0.2) is 0 Å². The molecule has 0 N–H and O–H groups in total. The first kappa shape index (κ1) is 19.5. The van der Waals surface area contributed by atoms with Crippen LogP contribution in [0.1, 0.15) is 45.4 Å². The Morgan fingerprint density at radius 2 is 2.00 bits per heavy atom. The van der Waals surface area contributed by atoms with E-state index in [1.54, 1.807) is 0 Å². The number of ether oxygens (including phenoxy) is 1. The molecular weight excluding hydrogens is 322 g/mol. The van der Waals surface area contributed by atoms with Crippen LogP contribution in [0.4, 0.5) is 0 Å². The Hall–Kier alpha value is 0.480. The van der Waals surface area contributed by atoms with Gasteiger partial charge in [0.05, 0.1) is 6.61 Å². The fourth-order valence-electron chi connectivity index (χ4n) is 1.99. The van der Waals surface area contributed by atoms with Crippen LogP contribution in [-0.2, 0) is 9.53 Å². The smallest absolute Gasteiger partial charge is 0.305 e. The van der Waals surface area contributed by atoms with Crippen LogP contribution < -0.4 is 0 Å². The van der Waals surface area contributed by atoms with E-state index < -0.39 is 0 Å². The minimum atomic E-state index is -0.0409. The highest BCUT2D eigenvalue weighted by molar-refractivity contribution is 8.76. The SMILES string of the molecule is CCCC(=O)OCCCCCCSSCCN1CCSC1. The summed E-state index contributed by atoms with van der Waals surface area (Å²) in [5.74, 6) is 4.99. The molecule has 0 amide bonds. The lowest BCUT2D eigenvalue weighted by molar-refractivity contribution is -0.143. The monoisotopic (exact) mass is 351 g/mol. The van der Waals surface area contributed by atoms with Crippen LogP contribution >= 0.6 is 33.3 Å². The first-order chi connectivity index (χ1) is 10.3. The Balaban J connectivity index is 1.71. The Bertz CT molecular complexity index is 261. The van der Waals surface area contributed by atoms with Crippen molar-refractivity contribution in [2.24, 2.45) is 0 Å². The van der Waals surface area contributed by atoms with Gasteiger partial charge in [-0.2, -0.15) is 0 Å². The molecule has 0 saturated carbocycles. The highest BCUT2D eigenvalue weighted by atomic mass is 33.1. The molecule has 0 aromatic heterocycles. The number of carbonyl (C=O) groups excluding carboxylic acids is 1. The largest absolute Gasteiger partial charge is 0.466 e. The van der Waals surface area contributed by atoms with Crippen molar-refractivity contribution in [2.75, 3.05) is 42.8 Å². The second-order valence-corrected chi connectivity index (χ2v) is 8.96. The van der Waals surface area contributed by atoms with Crippen molar-refractivity contribution in [2.45, 2.75) is 45.4 Å². The summed E-state index contributed by atoms with van der Waals surface area (Å²) in [6, 6.07) is 0. The summed E-state index contributed by atoms with van der Waals surface area (Å²) >= 11 is 2.05. The molecule has 0 aliphatic carbocycles. The van der Waals surface area contributed by atoms with Gasteiger partial charge in [0.2, 0.25) is 0 Å². The summed E-state index contributed by atoms with van der Waals surface area (Å²) in [5.41, 5.74) is 0. The maximum absolute atomic E-state index is 11.1. The van der Waals surface area contributed by atoms with Crippen molar-refractivity contribution >= 4 is 39.3 Å². The van der Waals surface area contributed by atoms with E-state index in [4.69, 9.17) is 4.74 Å². The van der Waals surface area contributed by atoms with Crippen molar-refractivity contribution in [1.82, 2.24) is 4.90 Å². The predicted molar refractivity (Wildman–Crippen MR) is 98.1 cm³/mol. The third kappa shape index (κ3) is 11.7. The van der Waals surface area contributed by atoms with Crippen LogP contribution in [0.25, 0.3) is 0 Å². The summed E-state index contributed by atoms with van der Waals surface area (Å²) in [6.07, 6.45) is 6.16. The highest BCUT2D eigenvalue weighted by Crippen LogP contribution is 2.24. The summed E-state index contributed by atoms with van der Waals surface area (Å²) in [7, 11) is 4.02. The van der Waals surface area contributed by atoms with E-state index in [2.05, 4.69) is 4.90 Å². The standard InChI is InChI=1S/C15H29NO2S3/c1-2-7-15(17)18-10-5-3-4-6-11-20-21-13-9-16-8-12-19-14-16/h2-14H2,1H3.